The molecular weight excluding hydrogens is 284 g/mol. The molecule has 0 aromatic heterocycles. The zero-order chi connectivity index (χ0) is 16.2. The zero-order valence-electron chi connectivity index (χ0n) is 14.0. The predicted octanol–water partition coefficient (Wildman–Crippen LogP) is 4.26. The predicted molar refractivity (Wildman–Crippen MR) is 90.8 cm³/mol. The fraction of sp³-hybridized carbons (Fsp3) is 0.619. The molecule has 0 radical (unpaired) electrons. The van der Waals surface area contributed by atoms with Crippen LogP contribution in [-0.2, 0) is 4.79 Å². The minimum atomic E-state index is -0.742. The van der Waals surface area contributed by atoms with Crippen molar-refractivity contribution in [1.29, 1.82) is 0 Å². The SMILES string of the molecule is C=C=C[C@@]1(O)CC[C@H]2[C@@H]3CCC4=CC(=O)CCC4=C3CC[C@@]21C. The molecule has 0 amide bonds. The van der Waals surface area contributed by atoms with Gasteiger partial charge in [-0.05, 0) is 80.1 Å². The number of ketones is 1. The van der Waals surface area contributed by atoms with Crippen LogP contribution < -0.4 is 0 Å². The maximum Gasteiger partial charge on any atom is 0.156 e. The van der Waals surface area contributed by atoms with Crippen molar-refractivity contribution in [2.24, 2.45) is 17.3 Å². The zero-order valence-corrected chi connectivity index (χ0v) is 14.0. The van der Waals surface area contributed by atoms with Crippen molar-refractivity contribution in [2.75, 3.05) is 0 Å². The first-order chi connectivity index (χ1) is 11.0. The van der Waals surface area contributed by atoms with E-state index in [4.69, 9.17) is 0 Å². The van der Waals surface area contributed by atoms with E-state index in [0.717, 1.165) is 44.9 Å². The van der Waals surface area contributed by atoms with E-state index >= 15 is 0 Å². The Morgan fingerprint density at radius 2 is 2.09 bits per heavy atom. The van der Waals surface area contributed by atoms with Crippen LogP contribution in [-0.4, -0.2) is 16.5 Å². The van der Waals surface area contributed by atoms with Gasteiger partial charge in [-0.25, -0.2) is 0 Å². The summed E-state index contributed by atoms with van der Waals surface area (Å²) in [5.41, 5.74) is 6.48. The van der Waals surface area contributed by atoms with Crippen molar-refractivity contribution in [2.45, 2.75) is 63.9 Å². The van der Waals surface area contributed by atoms with E-state index in [9.17, 15) is 9.90 Å². The molecule has 4 aliphatic rings. The monoisotopic (exact) mass is 310 g/mol. The fourth-order valence-corrected chi connectivity index (χ4v) is 5.99. The second kappa shape index (κ2) is 5.06. The molecular formula is C21H26O2. The highest BCUT2D eigenvalue weighted by Crippen LogP contribution is 2.63. The summed E-state index contributed by atoms with van der Waals surface area (Å²) >= 11 is 0. The molecule has 4 rings (SSSR count). The lowest BCUT2D eigenvalue weighted by Crippen LogP contribution is -2.48. The van der Waals surface area contributed by atoms with Crippen molar-refractivity contribution >= 4 is 5.78 Å². The van der Waals surface area contributed by atoms with Crippen LogP contribution in [0.4, 0.5) is 0 Å². The van der Waals surface area contributed by atoms with Crippen LogP contribution in [0.2, 0.25) is 0 Å². The van der Waals surface area contributed by atoms with Gasteiger partial charge in [-0.2, -0.15) is 0 Å². The van der Waals surface area contributed by atoms with Crippen LogP contribution in [0.3, 0.4) is 0 Å². The highest BCUT2D eigenvalue weighted by atomic mass is 16.3. The number of aliphatic hydroxyl groups is 1. The van der Waals surface area contributed by atoms with Gasteiger partial charge in [-0.15, -0.1) is 5.73 Å². The number of allylic oxidation sites excluding steroid dienone is 4. The molecule has 0 spiro atoms. The number of carbonyl (C=O) groups excluding carboxylic acids is 1. The second-order valence-electron chi connectivity index (χ2n) is 8.12. The van der Waals surface area contributed by atoms with Gasteiger partial charge in [0.15, 0.2) is 5.78 Å². The molecule has 4 atom stereocenters. The minimum absolute atomic E-state index is 0.0574. The highest BCUT2D eigenvalue weighted by molar-refractivity contribution is 5.93. The Morgan fingerprint density at radius 3 is 2.87 bits per heavy atom. The summed E-state index contributed by atoms with van der Waals surface area (Å²) in [4.78, 5) is 11.7. The highest BCUT2D eigenvalue weighted by Gasteiger charge is 2.59. The quantitative estimate of drug-likeness (QED) is 0.735. The molecule has 122 valence electrons. The Kier molecular flexibility index (Phi) is 3.34. The lowest BCUT2D eigenvalue weighted by atomic mass is 9.55. The third-order valence-electron chi connectivity index (χ3n) is 7.29. The summed E-state index contributed by atoms with van der Waals surface area (Å²) in [6, 6.07) is 0. The first kappa shape index (κ1) is 15.2. The molecule has 0 aromatic carbocycles. The van der Waals surface area contributed by atoms with Crippen LogP contribution in [0.5, 0.6) is 0 Å². The van der Waals surface area contributed by atoms with Crippen molar-refractivity contribution in [1.82, 2.24) is 0 Å². The van der Waals surface area contributed by atoms with Gasteiger partial charge in [0.05, 0.1) is 5.60 Å². The Hall–Kier alpha value is -1.37. The van der Waals surface area contributed by atoms with E-state index in [1.54, 1.807) is 5.57 Å². The normalized spacial score (nSPS) is 42.3. The van der Waals surface area contributed by atoms with Crippen molar-refractivity contribution < 1.29 is 9.90 Å². The van der Waals surface area contributed by atoms with E-state index in [2.05, 4.69) is 19.2 Å². The fourth-order valence-electron chi connectivity index (χ4n) is 5.99. The van der Waals surface area contributed by atoms with Crippen LogP contribution in [0, 0.1) is 17.3 Å². The molecule has 2 heteroatoms. The molecule has 2 saturated carbocycles. The van der Waals surface area contributed by atoms with Crippen molar-refractivity contribution in [3.05, 3.63) is 41.2 Å². The Morgan fingerprint density at radius 1 is 1.26 bits per heavy atom. The van der Waals surface area contributed by atoms with E-state index in [1.807, 2.05) is 12.2 Å². The van der Waals surface area contributed by atoms with E-state index in [1.165, 1.54) is 11.1 Å². The van der Waals surface area contributed by atoms with E-state index in [-0.39, 0.29) is 5.41 Å². The number of hydrogen-bond acceptors (Lipinski definition) is 2. The van der Waals surface area contributed by atoms with Gasteiger partial charge in [-0.3, -0.25) is 4.79 Å². The van der Waals surface area contributed by atoms with Crippen molar-refractivity contribution in [3.63, 3.8) is 0 Å². The van der Waals surface area contributed by atoms with Crippen LogP contribution in [0.25, 0.3) is 0 Å². The number of fused-ring (bicyclic) bond motifs is 4. The summed E-state index contributed by atoms with van der Waals surface area (Å²) in [7, 11) is 0. The van der Waals surface area contributed by atoms with Gasteiger partial charge in [-0.1, -0.05) is 19.1 Å². The summed E-state index contributed by atoms with van der Waals surface area (Å²) in [5.74, 6) is 1.45. The first-order valence-corrected chi connectivity index (χ1v) is 9.03. The second-order valence-corrected chi connectivity index (χ2v) is 8.12. The minimum Gasteiger partial charge on any atom is -0.385 e. The summed E-state index contributed by atoms with van der Waals surface area (Å²) in [6.45, 7) is 5.96. The summed E-state index contributed by atoms with van der Waals surface area (Å²) < 4.78 is 0. The topological polar surface area (TPSA) is 37.3 Å². The van der Waals surface area contributed by atoms with Gasteiger partial charge in [0, 0.05) is 11.8 Å². The van der Waals surface area contributed by atoms with Gasteiger partial charge < -0.3 is 5.11 Å². The van der Waals surface area contributed by atoms with E-state index in [0.29, 0.717) is 24.0 Å². The Labute approximate surface area is 138 Å². The average Bonchev–Trinajstić information content (AvgIpc) is 2.79. The van der Waals surface area contributed by atoms with E-state index < -0.39 is 5.60 Å². The Bertz CT molecular complexity index is 676. The number of hydrogen-bond donors (Lipinski definition) is 1. The molecule has 0 saturated heterocycles. The lowest BCUT2D eigenvalue weighted by molar-refractivity contribution is -0.114. The third-order valence-corrected chi connectivity index (χ3v) is 7.29. The van der Waals surface area contributed by atoms with Crippen LogP contribution >= 0.6 is 0 Å². The molecule has 1 N–H and O–H groups in total. The average molecular weight is 310 g/mol. The first-order valence-electron chi connectivity index (χ1n) is 9.03. The van der Waals surface area contributed by atoms with Gasteiger partial charge in [0.2, 0.25) is 0 Å². The lowest BCUT2D eigenvalue weighted by Gasteiger charge is -2.51. The summed E-state index contributed by atoms with van der Waals surface area (Å²) in [5, 5.41) is 11.2. The molecule has 0 unspecified atom stereocenters. The maximum absolute atomic E-state index is 11.7. The standard InChI is InChI=1S/C21H26O2/c1-3-10-21(23)12-9-19-18-6-4-14-13-15(22)5-7-16(14)17(18)8-11-20(19,21)2/h10,13,18-19,23H,1,4-9,11-12H2,2H3/t18-,19+,20+,21-/m1/s1. The van der Waals surface area contributed by atoms with Crippen LogP contribution in [0.1, 0.15) is 58.3 Å². The third kappa shape index (κ3) is 2.01. The molecule has 0 bridgehead atoms. The molecule has 0 aromatic rings. The summed E-state index contributed by atoms with van der Waals surface area (Å²) in [6.07, 6.45) is 11.6. The maximum atomic E-state index is 11.7. The Balaban J connectivity index is 1.74. The largest absolute Gasteiger partial charge is 0.385 e. The van der Waals surface area contributed by atoms with Gasteiger partial charge in [0.1, 0.15) is 0 Å². The molecule has 23 heavy (non-hydrogen) atoms. The smallest absolute Gasteiger partial charge is 0.156 e. The number of carbonyl (C=O) groups is 1. The molecule has 2 nitrogen and oxygen atoms in total. The molecule has 2 fully saturated rings. The van der Waals surface area contributed by atoms with Crippen LogP contribution in [0.15, 0.2) is 41.2 Å². The molecule has 0 heterocycles. The number of rotatable bonds is 1. The molecule has 4 aliphatic carbocycles. The van der Waals surface area contributed by atoms with Gasteiger partial charge >= 0.3 is 0 Å². The van der Waals surface area contributed by atoms with Crippen molar-refractivity contribution in [3.8, 4) is 0 Å². The van der Waals surface area contributed by atoms with Gasteiger partial charge in [0.25, 0.3) is 0 Å². The molecule has 0 aliphatic heterocycles.